The number of hydrogen-bond acceptors (Lipinski definition) is 6. The van der Waals surface area contributed by atoms with Crippen LogP contribution in [-0.2, 0) is 27.9 Å². The fourth-order valence-corrected chi connectivity index (χ4v) is 5.31. The van der Waals surface area contributed by atoms with Gasteiger partial charge in [0, 0.05) is 26.1 Å². The summed E-state index contributed by atoms with van der Waals surface area (Å²) in [6.45, 7) is 1.89. The van der Waals surface area contributed by atoms with Crippen molar-refractivity contribution in [3.8, 4) is 5.75 Å². The molecular weight excluding hydrogens is 430 g/mol. The molecule has 0 saturated carbocycles. The summed E-state index contributed by atoms with van der Waals surface area (Å²) in [5.41, 5.74) is 2.18. The van der Waals surface area contributed by atoms with Gasteiger partial charge in [0.25, 0.3) is 0 Å². The van der Waals surface area contributed by atoms with Gasteiger partial charge >= 0.3 is 0 Å². The SMILES string of the molecule is COc1ccc(CNC(=O)CCn2nnc3cc(S(=O)(=O)N4CCCCC4)ccc32)cc1. The summed E-state index contributed by atoms with van der Waals surface area (Å²) < 4.78 is 34.1. The number of nitrogens with zero attached hydrogens (tertiary/aromatic N) is 4. The smallest absolute Gasteiger partial charge is 0.243 e. The second-order valence-electron chi connectivity index (χ2n) is 7.80. The fraction of sp³-hybridized carbons (Fsp3) is 0.409. The maximum Gasteiger partial charge on any atom is 0.243 e. The van der Waals surface area contributed by atoms with Crippen LogP contribution < -0.4 is 10.1 Å². The van der Waals surface area contributed by atoms with Crippen LogP contribution in [0.5, 0.6) is 5.75 Å². The van der Waals surface area contributed by atoms with E-state index in [1.165, 1.54) is 4.31 Å². The number of sulfonamides is 1. The van der Waals surface area contributed by atoms with Crippen molar-refractivity contribution in [3.05, 3.63) is 48.0 Å². The molecule has 2 aromatic carbocycles. The van der Waals surface area contributed by atoms with Crippen molar-refractivity contribution >= 4 is 27.0 Å². The Morgan fingerprint density at radius 3 is 2.56 bits per heavy atom. The number of aryl methyl sites for hydroxylation is 1. The summed E-state index contributed by atoms with van der Waals surface area (Å²) in [6.07, 6.45) is 3.08. The highest BCUT2D eigenvalue weighted by molar-refractivity contribution is 7.89. The molecule has 0 bridgehead atoms. The second kappa shape index (κ2) is 9.66. The Hall–Kier alpha value is -2.98. The first-order valence-corrected chi connectivity index (χ1v) is 12.1. The van der Waals surface area contributed by atoms with Crippen LogP contribution in [0, 0.1) is 0 Å². The first-order valence-electron chi connectivity index (χ1n) is 10.7. The van der Waals surface area contributed by atoms with Gasteiger partial charge in [-0.25, -0.2) is 13.1 Å². The molecule has 2 heterocycles. The Kier molecular flexibility index (Phi) is 6.71. The zero-order chi connectivity index (χ0) is 22.6. The number of rotatable bonds is 8. The van der Waals surface area contributed by atoms with Crippen molar-refractivity contribution in [2.45, 2.75) is 43.7 Å². The van der Waals surface area contributed by atoms with Crippen molar-refractivity contribution in [3.63, 3.8) is 0 Å². The largest absolute Gasteiger partial charge is 0.497 e. The topological polar surface area (TPSA) is 106 Å². The standard InChI is InChI=1S/C22H27N5O4S/c1-31-18-7-5-17(6-8-18)16-23-22(28)11-14-27-21-10-9-19(15-20(21)24-25-27)32(29,30)26-12-3-2-4-13-26/h5-10,15H,2-4,11-14,16H2,1H3,(H,23,28). The number of hydrogen-bond donors (Lipinski definition) is 1. The molecule has 9 nitrogen and oxygen atoms in total. The summed E-state index contributed by atoms with van der Waals surface area (Å²) in [7, 11) is -1.91. The van der Waals surface area contributed by atoms with Crippen LogP contribution in [0.2, 0.25) is 0 Å². The minimum atomic E-state index is -3.52. The lowest BCUT2D eigenvalue weighted by molar-refractivity contribution is -0.121. The molecule has 1 fully saturated rings. The van der Waals surface area contributed by atoms with Crippen LogP contribution in [0.4, 0.5) is 0 Å². The van der Waals surface area contributed by atoms with E-state index in [1.54, 1.807) is 30.0 Å². The maximum absolute atomic E-state index is 12.9. The van der Waals surface area contributed by atoms with Crippen LogP contribution in [-0.4, -0.2) is 53.8 Å². The molecule has 0 unspecified atom stereocenters. The Morgan fingerprint density at radius 2 is 1.84 bits per heavy atom. The highest BCUT2D eigenvalue weighted by Gasteiger charge is 2.26. The molecule has 1 aliphatic heterocycles. The Bertz CT molecular complexity index is 1180. The normalized spacial score (nSPS) is 15.0. The molecule has 10 heteroatoms. The van der Waals surface area contributed by atoms with E-state index >= 15 is 0 Å². The van der Waals surface area contributed by atoms with Gasteiger partial charge in [0.2, 0.25) is 15.9 Å². The Labute approximate surface area is 187 Å². The van der Waals surface area contributed by atoms with Crippen LogP contribution in [0.1, 0.15) is 31.2 Å². The average molecular weight is 458 g/mol. The monoisotopic (exact) mass is 457 g/mol. The maximum atomic E-state index is 12.9. The summed E-state index contributed by atoms with van der Waals surface area (Å²) in [4.78, 5) is 12.5. The summed E-state index contributed by atoms with van der Waals surface area (Å²) in [5, 5.41) is 11.1. The van der Waals surface area contributed by atoms with Crippen LogP contribution in [0.25, 0.3) is 11.0 Å². The number of fused-ring (bicyclic) bond motifs is 1. The van der Waals surface area contributed by atoms with E-state index in [9.17, 15) is 13.2 Å². The Balaban J connectivity index is 1.37. The van der Waals surface area contributed by atoms with E-state index in [0.717, 1.165) is 30.6 Å². The van der Waals surface area contributed by atoms with Crippen molar-refractivity contribution in [2.75, 3.05) is 20.2 Å². The average Bonchev–Trinajstić information content (AvgIpc) is 3.24. The number of nitrogens with one attached hydrogen (secondary N) is 1. The van der Waals surface area contributed by atoms with Gasteiger partial charge in [0.1, 0.15) is 11.3 Å². The highest BCUT2D eigenvalue weighted by atomic mass is 32.2. The number of amides is 1. The van der Waals surface area contributed by atoms with E-state index in [0.29, 0.717) is 37.2 Å². The van der Waals surface area contributed by atoms with Gasteiger partial charge in [0.05, 0.1) is 24.1 Å². The summed E-state index contributed by atoms with van der Waals surface area (Å²) in [6, 6.07) is 12.4. The lowest BCUT2D eigenvalue weighted by Gasteiger charge is -2.25. The van der Waals surface area contributed by atoms with E-state index in [2.05, 4.69) is 15.6 Å². The van der Waals surface area contributed by atoms with Crippen molar-refractivity contribution < 1.29 is 17.9 Å². The van der Waals surface area contributed by atoms with E-state index in [-0.39, 0.29) is 17.2 Å². The van der Waals surface area contributed by atoms with Crippen LogP contribution in [0.3, 0.4) is 0 Å². The van der Waals surface area contributed by atoms with Gasteiger partial charge in [0.15, 0.2) is 0 Å². The molecule has 1 aliphatic rings. The van der Waals surface area contributed by atoms with Crippen molar-refractivity contribution in [2.24, 2.45) is 0 Å². The van der Waals surface area contributed by atoms with Crippen molar-refractivity contribution in [1.82, 2.24) is 24.6 Å². The lowest BCUT2D eigenvalue weighted by atomic mass is 10.2. The van der Waals surface area contributed by atoms with Gasteiger partial charge < -0.3 is 10.1 Å². The molecule has 4 rings (SSSR count). The number of ether oxygens (including phenoxy) is 1. The van der Waals surface area contributed by atoms with Gasteiger partial charge in [-0.15, -0.1) is 5.10 Å². The molecule has 1 amide bonds. The van der Waals surface area contributed by atoms with E-state index in [4.69, 9.17) is 4.74 Å². The summed E-state index contributed by atoms with van der Waals surface area (Å²) in [5.74, 6) is 0.666. The van der Waals surface area contributed by atoms with E-state index < -0.39 is 10.0 Å². The predicted octanol–water partition coefficient (Wildman–Crippen LogP) is 2.32. The molecule has 1 aromatic heterocycles. The third-order valence-corrected chi connectivity index (χ3v) is 7.53. The van der Waals surface area contributed by atoms with Crippen LogP contribution in [0.15, 0.2) is 47.4 Å². The minimum absolute atomic E-state index is 0.103. The molecule has 0 aliphatic carbocycles. The van der Waals surface area contributed by atoms with Crippen molar-refractivity contribution in [1.29, 1.82) is 0 Å². The molecule has 170 valence electrons. The molecule has 32 heavy (non-hydrogen) atoms. The van der Waals surface area contributed by atoms with E-state index in [1.807, 2.05) is 24.3 Å². The number of aromatic nitrogens is 3. The first-order chi connectivity index (χ1) is 15.5. The van der Waals surface area contributed by atoms with Gasteiger partial charge in [-0.2, -0.15) is 4.31 Å². The number of benzene rings is 2. The highest BCUT2D eigenvalue weighted by Crippen LogP contribution is 2.23. The lowest BCUT2D eigenvalue weighted by Crippen LogP contribution is -2.35. The molecule has 0 spiro atoms. The molecule has 1 N–H and O–H groups in total. The van der Waals surface area contributed by atoms with Gasteiger partial charge in [-0.05, 0) is 48.7 Å². The van der Waals surface area contributed by atoms with Crippen LogP contribution >= 0.6 is 0 Å². The third kappa shape index (κ3) is 4.91. The predicted molar refractivity (Wildman–Crippen MR) is 120 cm³/mol. The third-order valence-electron chi connectivity index (χ3n) is 5.64. The molecule has 0 atom stereocenters. The zero-order valence-corrected chi connectivity index (χ0v) is 18.8. The molecule has 1 saturated heterocycles. The van der Waals surface area contributed by atoms with Gasteiger partial charge in [-0.3, -0.25) is 4.79 Å². The molecular formula is C22H27N5O4S. The van der Waals surface area contributed by atoms with Gasteiger partial charge in [-0.1, -0.05) is 23.8 Å². The number of methoxy groups -OCH3 is 1. The summed E-state index contributed by atoms with van der Waals surface area (Å²) >= 11 is 0. The minimum Gasteiger partial charge on any atom is -0.497 e. The number of carbonyl (C=O) groups excluding carboxylic acids is 1. The number of piperidine rings is 1. The molecule has 3 aromatic rings. The fourth-order valence-electron chi connectivity index (χ4n) is 3.77. The first kappa shape index (κ1) is 22.2. The number of carbonyl (C=O) groups is 1. The second-order valence-corrected chi connectivity index (χ2v) is 9.74. The quantitative estimate of drug-likeness (QED) is 0.556. The molecule has 0 radical (unpaired) electrons. The Morgan fingerprint density at radius 1 is 1.09 bits per heavy atom. The zero-order valence-electron chi connectivity index (χ0n) is 18.0.